The van der Waals surface area contributed by atoms with Crippen LogP contribution in [-0.4, -0.2) is 53.4 Å². The molecule has 0 aliphatic carbocycles. The molecule has 1 aliphatic rings. The molecule has 1 saturated heterocycles. The lowest BCUT2D eigenvalue weighted by Gasteiger charge is -2.32. The first-order chi connectivity index (χ1) is 17.6. The molecule has 3 heterocycles. The van der Waals surface area contributed by atoms with Crippen molar-refractivity contribution < 1.29 is 22.4 Å². The van der Waals surface area contributed by atoms with E-state index in [4.69, 9.17) is 4.42 Å². The molecule has 0 radical (unpaired) electrons. The van der Waals surface area contributed by atoms with Gasteiger partial charge in [0, 0.05) is 49.6 Å². The van der Waals surface area contributed by atoms with Gasteiger partial charge in [0.2, 0.25) is 11.8 Å². The van der Waals surface area contributed by atoms with Gasteiger partial charge in [-0.1, -0.05) is 19.9 Å². The third-order valence-electron chi connectivity index (χ3n) is 6.37. The first kappa shape index (κ1) is 26.5. The number of oxazole rings is 1. The molecule has 0 saturated carbocycles. The van der Waals surface area contributed by atoms with Gasteiger partial charge in [0.15, 0.2) is 9.84 Å². The second-order valence-electron chi connectivity index (χ2n) is 9.80. The molecule has 0 spiro atoms. The summed E-state index contributed by atoms with van der Waals surface area (Å²) in [6.45, 7) is 7.21. The summed E-state index contributed by atoms with van der Waals surface area (Å²) < 4.78 is 32.0. The fraction of sp³-hybridized carbons (Fsp3) is 0.407. The molecule has 0 bridgehead atoms. The highest BCUT2D eigenvalue weighted by molar-refractivity contribution is 7.91. The zero-order valence-corrected chi connectivity index (χ0v) is 22.1. The number of piperidine rings is 1. The number of sulfone groups is 1. The van der Waals surface area contributed by atoms with Gasteiger partial charge in [-0.3, -0.25) is 14.6 Å². The molecule has 4 rings (SSSR count). The van der Waals surface area contributed by atoms with E-state index in [1.165, 1.54) is 0 Å². The minimum Gasteiger partial charge on any atom is -0.441 e. The van der Waals surface area contributed by atoms with Crippen LogP contribution in [-0.2, 0) is 26.9 Å². The Balaban J connectivity index is 1.39. The number of likely N-dealkylation sites (tertiary alicyclic amines) is 1. The van der Waals surface area contributed by atoms with E-state index >= 15 is 0 Å². The number of carbonyl (C=O) groups excluding carboxylic acids is 2. The first-order valence-corrected chi connectivity index (χ1v) is 14.1. The normalized spacial score (nSPS) is 16.3. The number of amides is 2. The Morgan fingerprint density at radius 2 is 1.97 bits per heavy atom. The Morgan fingerprint density at radius 1 is 1.22 bits per heavy atom. The molecule has 1 N–H and O–H groups in total. The van der Waals surface area contributed by atoms with E-state index in [2.05, 4.69) is 15.3 Å². The second-order valence-corrected chi connectivity index (χ2v) is 12.1. The standard InChI is InChI=1S/C27H32N4O5S/c1-18(2)16-31-12-10-23(13-25(31)32)37(34,35)17-24-19(3)36-27(30-24)22-8-6-21(7-9-22)26(33)29-15-20-5-4-11-28-14-20/h4-9,11,14,18,23H,10,12-13,15-17H2,1-3H3,(H,29,33). The van der Waals surface area contributed by atoms with E-state index in [1.807, 2.05) is 26.0 Å². The lowest BCUT2D eigenvalue weighted by Crippen LogP contribution is -2.45. The monoisotopic (exact) mass is 524 g/mol. The molecule has 10 heteroatoms. The molecular weight excluding hydrogens is 492 g/mol. The Morgan fingerprint density at radius 3 is 2.62 bits per heavy atom. The molecule has 2 amide bonds. The summed E-state index contributed by atoms with van der Waals surface area (Å²) in [4.78, 5) is 35.2. The maximum absolute atomic E-state index is 13.1. The predicted molar refractivity (Wildman–Crippen MR) is 139 cm³/mol. The summed E-state index contributed by atoms with van der Waals surface area (Å²) in [5.41, 5.74) is 2.35. The summed E-state index contributed by atoms with van der Waals surface area (Å²) in [6, 6.07) is 10.5. The van der Waals surface area contributed by atoms with Crippen LogP contribution in [0.1, 0.15) is 54.1 Å². The summed E-state index contributed by atoms with van der Waals surface area (Å²) >= 11 is 0. The van der Waals surface area contributed by atoms with Crippen molar-refractivity contribution in [2.45, 2.75) is 51.2 Å². The smallest absolute Gasteiger partial charge is 0.251 e. The average molecular weight is 525 g/mol. The number of carbonyl (C=O) groups is 2. The van der Waals surface area contributed by atoms with Crippen molar-refractivity contribution in [1.82, 2.24) is 20.2 Å². The number of hydrogen-bond acceptors (Lipinski definition) is 7. The topological polar surface area (TPSA) is 122 Å². The quantitative estimate of drug-likeness (QED) is 0.454. The fourth-order valence-electron chi connectivity index (χ4n) is 4.34. The Kier molecular flexibility index (Phi) is 8.06. The summed E-state index contributed by atoms with van der Waals surface area (Å²) in [5, 5.41) is 2.13. The lowest BCUT2D eigenvalue weighted by atomic mass is 10.1. The van der Waals surface area contributed by atoms with Gasteiger partial charge in [-0.2, -0.15) is 0 Å². The number of nitrogens with zero attached hydrogens (tertiary/aromatic N) is 3. The number of aromatic nitrogens is 2. The van der Waals surface area contributed by atoms with Crippen LogP contribution in [0, 0.1) is 12.8 Å². The van der Waals surface area contributed by atoms with Crippen molar-refractivity contribution in [3.63, 3.8) is 0 Å². The van der Waals surface area contributed by atoms with Crippen molar-refractivity contribution >= 4 is 21.7 Å². The van der Waals surface area contributed by atoms with Gasteiger partial charge in [-0.05, 0) is 55.2 Å². The fourth-order valence-corrected chi connectivity index (χ4v) is 6.08. The van der Waals surface area contributed by atoms with Crippen LogP contribution in [0.25, 0.3) is 11.5 Å². The van der Waals surface area contributed by atoms with Crippen LogP contribution >= 0.6 is 0 Å². The summed E-state index contributed by atoms with van der Waals surface area (Å²) in [5.74, 6) is 0.423. The maximum Gasteiger partial charge on any atom is 0.251 e. The molecule has 1 fully saturated rings. The van der Waals surface area contributed by atoms with E-state index in [-0.39, 0.29) is 29.9 Å². The van der Waals surface area contributed by atoms with Gasteiger partial charge in [0.05, 0.1) is 16.7 Å². The van der Waals surface area contributed by atoms with Crippen molar-refractivity contribution in [3.8, 4) is 11.5 Å². The number of rotatable bonds is 9. The zero-order chi connectivity index (χ0) is 26.6. The van der Waals surface area contributed by atoms with Gasteiger partial charge >= 0.3 is 0 Å². The molecule has 1 unspecified atom stereocenters. The number of aryl methyl sites for hydroxylation is 1. The highest BCUT2D eigenvalue weighted by Gasteiger charge is 2.35. The minimum absolute atomic E-state index is 0.00310. The molecular formula is C27H32N4O5S. The van der Waals surface area contributed by atoms with Gasteiger partial charge in [0.1, 0.15) is 5.76 Å². The van der Waals surface area contributed by atoms with E-state index in [0.717, 1.165) is 5.56 Å². The maximum atomic E-state index is 13.1. The van der Waals surface area contributed by atoms with Gasteiger partial charge in [-0.25, -0.2) is 13.4 Å². The number of nitrogens with one attached hydrogen (secondary N) is 1. The molecule has 1 atom stereocenters. The van der Waals surface area contributed by atoms with Crippen LogP contribution in [0.4, 0.5) is 0 Å². The molecule has 37 heavy (non-hydrogen) atoms. The lowest BCUT2D eigenvalue weighted by molar-refractivity contribution is -0.133. The molecule has 3 aromatic rings. The Bertz CT molecular complexity index is 1350. The van der Waals surface area contributed by atoms with Gasteiger partial charge < -0.3 is 14.6 Å². The van der Waals surface area contributed by atoms with Crippen molar-refractivity contribution in [2.75, 3.05) is 13.1 Å². The zero-order valence-electron chi connectivity index (χ0n) is 21.3. The second kappa shape index (κ2) is 11.2. The molecule has 1 aliphatic heterocycles. The van der Waals surface area contributed by atoms with E-state index < -0.39 is 15.1 Å². The van der Waals surface area contributed by atoms with E-state index in [0.29, 0.717) is 54.6 Å². The molecule has 2 aromatic heterocycles. The highest BCUT2D eigenvalue weighted by atomic mass is 32.2. The number of pyridine rings is 1. The van der Waals surface area contributed by atoms with Crippen LogP contribution in [0.5, 0.6) is 0 Å². The molecule has 196 valence electrons. The van der Waals surface area contributed by atoms with E-state index in [1.54, 1.807) is 48.5 Å². The van der Waals surface area contributed by atoms with Crippen LogP contribution in [0.15, 0.2) is 53.2 Å². The third kappa shape index (κ3) is 6.62. The average Bonchev–Trinajstić information content (AvgIpc) is 3.23. The van der Waals surface area contributed by atoms with Crippen molar-refractivity contribution in [2.24, 2.45) is 5.92 Å². The Hall–Kier alpha value is -3.53. The number of hydrogen-bond donors (Lipinski definition) is 1. The minimum atomic E-state index is -3.59. The van der Waals surface area contributed by atoms with Gasteiger partial charge in [0.25, 0.3) is 5.91 Å². The highest BCUT2D eigenvalue weighted by Crippen LogP contribution is 2.27. The van der Waals surface area contributed by atoms with Crippen LogP contribution in [0.2, 0.25) is 0 Å². The first-order valence-electron chi connectivity index (χ1n) is 12.4. The summed E-state index contributed by atoms with van der Waals surface area (Å²) in [7, 11) is -3.59. The molecule has 9 nitrogen and oxygen atoms in total. The molecule has 1 aromatic carbocycles. The van der Waals surface area contributed by atoms with Crippen LogP contribution in [0.3, 0.4) is 0 Å². The van der Waals surface area contributed by atoms with Crippen molar-refractivity contribution in [3.05, 3.63) is 71.4 Å². The predicted octanol–water partition coefficient (Wildman–Crippen LogP) is 3.54. The number of benzene rings is 1. The van der Waals surface area contributed by atoms with Crippen LogP contribution < -0.4 is 5.32 Å². The van der Waals surface area contributed by atoms with E-state index in [9.17, 15) is 18.0 Å². The Labute approximate surface area is 217 Å². The largest absolute Gasteiger partial charge is 0.441 e. The summed E-state index contributed by atoms with van der Waals surface area (Å²) in [6.07, 6.45) is 3.80. The van der Waals surface area contributed by atoms with Gasteiger partial charge in [-0.15, -0.1) is 0 Å². The van der Waals surface area contributed by atoms with Crippen molar-refractivity contribution in [1.29, 1.82) is 0 Å². The SMILES string of the molecule is Cc1oc(-c2ccc(C(=O)NCc3cccnc3)cc2)nc1CS(=O)(=O)C1CCN(CC(C)C)C(=O)C1. The third-order valence-corrected chi connectivity index (χ3v) is 8.46.